The van der Waals surface area contributed by atoms with Crippen LogP contribution in [0.25, 0.3) is 0 Å². The van der Waals surface area contributed by atoms with Gasteiger partial charge in [-0.3, -0.25) is 9.69 Å². The molecule has 0 spiro atoms. The highest BCUT2D eigenvalue weighted by Gasteiger charge is 2.31. The number of Topliss-reactive ketones (excluding diaryl/α,β-unsaturated/α-hetero) is 1. The fourth-order valence-corrected chi connectivity index (χ4v) is 3.29. The van der Waals surface area contributed by atoms with Crippen molar-refractivity contribution in [2.45, 2.75) is 57.9 Å². The first-order valence-corrected chi connectivity index (χ1v) is 6.57. The standard InChI is InChI=1S/C13H23NO/c1-2-11-6-3-4-8-13(11)14-9-5-7-12(15)10-14/h11,13H,2-10H2,1H3. The van der Waals surface area contributed by atoms with Crippen LogP contribution in [0.2, 0.25) is 0 Å². The molecule has 1 saturated carbocycles. The van der Waals surface area contributed by atoms with E-state index in [1.165, 1.54) is 32.1 Å². The summed E-state index contributed by atoms with van der Waals surface area (Å²) in [6.07, 6.45) is 8.67. The predicted octanol–water partition coefficient (Wildman–Crippen LogP) is 2.62. The normalized spacial score (nSPS) is 34.3. The molecule has 15 heavy (non-hydrogen) atoms. The molecule has 2 fully saturated rings. The quantitative estimate of drug-likeness (QED) is 0.697. The van der Waals surface area contributed by atoms with E-state index in [0.717, 1.165) is 31.8 Å². The van der Waals surface area contributed by atoms with Gasteiger partial charge < -0.3 is 0 Å². The Morgan fingerprint density at radius 2 is 2.07 bits per heavy atom. The van der Waals surface area contributed by atoms with Crippen LogP contribution >= 0.6 is 0 Å². The van der Waals surface area contributed by atoms with Crippen LogP contribution in [-0.2, 0) is 4.79 Å². The second-order valence-electron chi connectivity index (χ2n) is 5.13. The van der Waals surface area contributed by atoms with Crippen LogP contribution in [0.1, 0.15) is 51.9 Å². The number of carbonyl (C=O) groups excluding carboxylic acids is 1. The third-order valence-electron chi connectivity index (χ3n) is 4.14. The topological polar surface area (TPSA) is 20.3 Å². The molecule has 0 aromatic rings. The molecule has 1 aliphatic heterocycles. The molecule has 2 rings (SSSR count). The summed E-state index contributed by atoms with van der Waals surface area (Å²) in [6, 6.07) is 0.716. The summed E-state index contributed by atoms with van der Waals surface area (Å²) in [6.45, 7) is 4.20. The first kappa shape index (κ1) is 11.1. The molecule has 86 valence electrons. The fourth-order valence-electron chi connectivity index (χ4n) is 3.29. The van der Waals surface area contributed by atoms with Crippen molar-refractivity contribution < 1.29 is 4.79 Å². The van der Waals surface area contributed by atoms with E-state index in [9.17, 15) is 4.79 Å². The van der Waals surface area contributed by atoms with E-state index in [1.54, 1.807) is 0 Å². The largest absolute Gasteiger partial charge is 0.298 e. The summed E-state index contributed by atoms with van der Waals surface area (Å²) in [5.41, 5.74) is 0. The Labute approximate surface area is 93.0 Å². The number of likely N-dealkylation sites (tertiary alicyclic amines) is 1. The van der Waals surface area contributed by atoms with E-state index in [4.69, 9.17) is 0 Å². The van der Waals surface area contributed by atoms with Gasteiger partial charge in [-0.05, 0) is 31.7 Å². The van der Waals surface area contributed by atoms with E-state index in [2.05, 4.69) is 11.8 Å². The maximum Gasteiger partial charge on any atom is 0.146 e. The van der Waals surface area contributed by atoms with E-state index < -0.39 is 0 Å². The number of nitrogens with zero attached hydrogens (tertiary/aromatic N) is 1. The minimum atomic E-state index is 0.460. The van der Waals surface area contributed by atoms with E-state index in [-0.39, 0.29) is 0 Å². The maximum absolute atomic E-state index is 11.5. The van der Waals surface area contributed by atoms with Crippen molar-refractivity contribution >= 4 is 5.78 Å². The molecule has 2 aliphatic rings. The predicted molar refractivity (Wildman–Crippen MR) is 61.9 cm³/mol. The molecule has 2 atom stereocenters. The molecule has 0 aromatic carbocycles. The Bertz CT molecular complexity index is 227. The minimum Gasteiger partial charge on any atom is -0.298 e. The molecular weight excluding hydrogens is 186 g/mol. The summed E-state index contributed by atoms with van der Waals surface area (Å²) >= 11 is 0. The Morgan fingerprint density at radius 1 is 1.27 bits per heavy atom. The second-order valence-corrected chi connectivity index (χ2v) is 5.13. The van der Waals surface area contributed by atoms with Crippen LogP contribution in [0, 0.1) is 5.92 Å². The fraction of sp³-hybridized carbons (Fsp3) is 0.923. The molecule has 0 amide bonds. The van der Waals surface area contributed by atoms with Crippen molar-refractivity contribution in [3.63, 3.8) is 0 Å². The number of piperidine rings is 1. The van der Waals surface area contributed by atoms with E-state index in [1.807, 2.05) is 0 Å². The molecule has 0 radical (unpaired) electrons. The first-order chi connectivity index (χ1) is 7.31. The zero-order valence-electron chi connectivity index (χ0n) is 9.87. The molecule has 2 nitrogen and oxygen atoms in total. The summed E-state index contributed by atoms with van der Waals surface area (Å²) in [5, 5.41) is 0. The third-order valence-corrected chi connectivity index (χ3v) is 4.14. The highest BCUT2D eigenvalue weighted by atomic mass is 16.1. The maximum atomic E-state index is 11.5. The molecule has 1 heterocycles. The van der Waals surface area contributed by atoms with Gasteiger partial charge in [-0.25, -0.2) is 0 Å². The van der Waals surface area contributed by atoms with Crippen molar-refractivity contribution in [2.24, 2.45) is 5.92 Å². The van der Waals surface area contributed by atoms with Gasteiger partial charge in [0.1, 0.15) is 5.78 Å². The summed E-state index contributed by atoms with van der Waals surface area (Å²) in [4.78, 5) is 13.9. The van der Waals surface area contributed by atoms with E-state index in [0.29, 0.717) is 11.8 Å². The molecule has 0 bridgehead atoms. The smallest absolute Gasteiger partial charge is 0.146 e. The highest BCUT2D eigenvalue weighted by molar-refractivity contribution is 5.81. The molecule has 2 heteroatoms. The summed E-state index contributed by atoms with van der Waals surface area (Å²) in [5.74, 6) is 1.31. The highest BCUT2D eigenvalue weighted by Crippen LogP contribution is 2.31. The van der Waals surface area contributed by atoms with Crippen LogP contribution in [0.5, 0.6) is 0 Å². The number of hydrogen-bond acceptors (Lipinski definition) is 2. The lowest BCUT2D eigenvalue weighted by atomic mass is 9.81. The number of rotatable bonds is 2. The zero-order valence-corrected chi connectivity index (χ0v) is 9.87. The SMILES string of the molecule is CCC1CCCCC1N1CCCC(=O)C1. The lowest BCUT2D eigenvalue weighted by Gasteiger charge is -2.41. The monoisotopic (exact) mass is 209 g/mol. The van der Waals surface area contributed by atoms with Crippen LogP contribution in [0.4, 0.5) is 0 Å². The van der Waals surface area contributed by atoms with Gasteiger partial charge in [0, 0.05) is 12.5 Å². The lowest BCUT2D eigenvalue weighted by Crippen LogP contribution is -2.47. The second kappa shape index (κ2) is 5.11. The Balaban J connectivity index is 1.97. The van der Waals surface area contributed by atoms with Crippen LogP contribution < -0.4 is 0 Å². The third kappa shape index (κ3) is 2.60. The van der Waals surface area contributed by atoms with Gasteiger partial charge in [-0.15, -0.1) is 0 Å². The number of carbonyl (C=O) groups is 1. The van der Waals surface area contributed by atoms with Crippen molar-refractivity contribution in [1.82, 2.24) is 4.90 Å². The van der Waals surface area contributed by atoms with Crippen molar-refractivity contribution in [3.05, 3.63) is 0 Å². The number of hydrogen-bond donors (Lipinski definition) is 0. The average Bonchev–Trinajstić information content (AvgIpc) is 2.29. The van der Waals surface area contributed by atoms with Crippen LogP contribution in [0.15, 0.2) is 0 Å². The molecule has 2 unspecified atom stereocenters. The molecule has 0 aromatic heterocycles. The molecule has 0 N–H and O–H groups in total. The zero-order chi connectivity index (χ0) is 10.7. The van der Waals surface area contributed by atoms with Gasteiger partial charge >= 0.3 is 0 Å². The average molecular weight is 209 g/mol. The minimum absolute atomic E-state index is 0.460. The lowest BCUT2D eigenvalue weighted by molar-refractivity contribution is -0.123. The van der Waals surface area contributed by atoms with Gasteiger partial charge in [0.05, 0.1) is 6.54 Å². The molecule has 1 saturated heterocycles. The summed E-state index contributed by atoms with van der Waals surface area (Å²) in [7, 11) is 0. The van der Waals surface area contributed by atoms with Crippen LogP contribution in [0.3, 0.4) is 0 Å². The first-order valence-electron chi connectivity index (χ1n) is 6.57. The Kier molecular flexibility index (Phi) is 3.79. The van der Waals surface area contributed by atoms with E-state index >= 15 is 0 Å². The Hall–Kier alpha value is -0.370. The van der Waals surface area contributed by atoms with Crippen LogP contribution in [-0.4, -0.2) is 29.8 Å². The van der Waals surface area contributed by atoms with Gasteiger partial charge in [-0.1, -0.05) is 26.2 Å². The molecule has 1 aliphatic carbocycles. The van der Waals surface area contributed by atoms with Crippen molar-refractivity contribution in [3.8, 4) is 0 Å². The molecular formula is C13H23NO. The van der Waals surface area contributed by atoms with Gasteiger partial charge in [-0.2, -0.15) is 0 Å². The van der Waals surface area contributed by atoms with Crippen molar-refractivity contribution in [1.29, 1.82) is 0 Å². The van der Waals surface area contributed by atoms with Gasteiger partial charge in [0.2, 0.25) is 0 Å². The van der Waals surface area contributed by atoms with Crippen molar-refractivity contribution in [2.75, 3.05) is 13.1 Å². The van der Waals surface area contributed by atoms with Gasteiger partial charge in [0.15, 0.2) is 0 Å². The van der Waals surface area contributed by atoms with Gasteiger partial charge in [0.25, 0.3) is 0 Å². The number of ketones is 1. The Morgan fingerprint density at radius 3 is 2.80 bits per heavy atom. The summed E-state index contributed by atoms with van der Waals surface area (Å²) < 4.78 is 0.